The van der Waals surface area contributed by atoms with Gasteiger partial charge in [0.25, 0.3) is 0 Å². The minimum absolute atomic E-state index is 0.643. The maximum Gasteiger partial charge on any atom is 0.0721 e. The molecule has 0 amide bonds. The lowest BCUT2D eigenvalue weighted by atomic mass is 10.2. The summed E-state index contributed by atoms with van der Waals surface area (Å²) >= 11 is 1.75. The average Bonchev–Trinajstić information content (AvgIpc) is 2.18. The van der Waals surface area contributed by atoms with Gasteiger partial charge in [-0.25, -0.2) is 0 Å². The fourth-order valence-corrected chi connectivity index (χ4v) is 1.47. The highest BCUT2D eigenvalue weighted by molar-refractivity contribution is 7.98. The Hall–Kier alpha value is -0.730. The Bertz CT molecular complexity index is 290. The molecule has 1 nitrogen and oxygen atoms in total. The average molecular weight is 208 g/mol. The third-order valence-electron chi connectivity index (χ3n) is 1.78. The third-order valence-corrected chi connectivity index (χ3v) is 2.52. The summed E-state index contributed by atoms with van der Waals surface area (Å²) in [5, 5.41) is 0. The molecule has 76 valence electrons. The van der Waals surface area contributed by atoms with Crippen molar-refractivity contribution in [2.45, 2.75) is 18.4 Å². The molecule has 0 heterocycles. The van der Waals surface area contributed by atoms with Crippen molar-refractivity contribution >= 4 is 11.8 Å². The third kappa shape index (κ3) is 3.99. The van der Waals surface area contributed by atoms with Crippen molar-refractivity contribution in [2.75, 3.05) is 12.9 Å². The molecular formula is C12H16OS. The zero-order chi connectivity index (χ0) is 10.4. The summed E-state index contributed by atoms with van der Waals surface area (Å²) in [6.45, 7) is 7.07. The summed E-state index contributed by atoms with van der Waals surface area (Å²) in [4.78, 5) is 1.29. The number of benzene rings is 1. The van der Waals surface area contributed by atoms with Crippen LogP contribution in [0.25, 0.3) is 0 Å². The van der Waals surface area contributed by atoms with Crippen LogP contribution in [-0.4, -0.2) is 12.9 Å². The van der Waals surface area contributed by atoms with Gasteiger partial charge in [-0.2, -0.15) is 0 Å². The summed E-state index contributed by atoms with van der Waals surface area (Å²) in [7, 11) is 0. The second kappa shape index (κ2) is 5.89. The van der Waals surface area contributed by atoms with E-state index in [1.165, 1.54) is 10.5 Å². The SMILES string of the molecule is C=C(C)COCc1ccc(SC)cc1. The largest absolute Gasteiger partial charge is 0.372 e. The number of ether oxygens (including phenoxy) is 1. The summed E-state index contributed by atoms with van der Waals surface area (Å²) in [6.07, 6.45) is 2.08. The van der Waals surface area contributed by atoms with E-state index in [4.69, 9.17) is 4.74 Å². The molecule has 0 unspecified atom stereocenters. The standard InChI is InChI=1S/C12H16OS/c1-10(2)8-13-9-11-4-6-12(14-3)7-5-11/h4-7H,1,8-9H2,2-3H3. The molecular weight excluding hydrogens is 192 g/mol. The van der Waals surface area contributed by atoms with Gasteiger partial charge >= 0.3 is 0 Å². The van der Waals surface area contributed by atoms with E-state index in [-0.39, 0.29) is 0 Å². The zero-order valence-corrected chi connectivity index (χ0v) is 9.56. The molecule has 1 aromatic carbocycles. The van der Waals surface area contributed by atoms with Crippen LogP contribution >= 0.6 is 11.8 Å². The minimum atomic E-state index is 0.643. The monoisotopic (exact) mass is 208 g/mol. The quantitative estimate of drug-likeness (QED) is 0.541. The van der Waals surface area contributed by atoms with Crippen LogP contribution in [0.1, 0.15) is 12.5 Å². The van der Waals surface area contributed by atoms with Gasteiger partial charge in [-0.05, 0) is 30.9 Å². The van der Waals surface area contributed by atoms with Crippen molar-refractivity contribution in [1.29, 1.82) is 0 Å². The molecule has 1 aromatic rings. The first kappa shape index (κ1) is 11.3. The first-order chi connectivity index (χ1) is 6.72. The summed E-state index contributed by atoms with van der Waals surface area (Å²) in [5.41, 5.74) is 2.27. The molecule has 14 heavy (non-hydrogen) atoms. The lowest BCUT2D eigenvalue weighted by molar-refractivity contribution is 0.143. The molecule has 0 atom stereocenters. The number of hydrogen-bond acceptors (Lipinski definition) is 2. The molecule has 0 fully saturated rings. The Labute approximate surface area is 90.2 Å². The predicted molar refractivity (Wildman–Crippen MR) is 62.7 cm³/mol. The summed E-state index contributed by atoms with van der Waals surface area (Å²) in [6, 6.07) is 8.43. The Kier molecular flexibility index (Phi) is 4.77. The van der Waals surface area contributed by atoms with Crippen LogP contribution in [0.3, 0.4) is 0 Å². The topological polar surface area (TPSA) is 9.23 Å². The van der Waals surface area contributed by atoms with Gasteiger partial charge in [0.1, 0.15) is 0 Å². The Morgan fingerprint density at radius 3 is 2.50 bits per heavy atom. The Morgan fingerprint density at radius 1 is 1.36 bits per heavy atom. The van der Waals surface area contributed by atoms with Crippen molar-refractivity contribution in [1.82, 2.24) is 0 Å². The van der Waals surface area contributed by atoms with Crippen molar-refractivity contribution in [3.63, 3.8) is 0 Å². The summed E-state index contributed by atoms with van der Waals surface area (Å²) in [5.74, 6) is 0. The maximum atomic E-state index is 5.45. The van der Waals surface area contributed by atoms with Crippen LogP contribution in [-0.2, 0) is 11.3 Å². The van der Waals surface area contributed by atoms with Crippen LogP contribution in [0.2, 0.25) is 0 Å². The Balaban J connectivity index is 2.40. The van der Waals surface area contributed by atoms with E-state index in [0.29, 0.717) is 13.2 Å². The number of rotatable bonds is 5. The van der Waals surface area contributed by atoms with Crippen LogP contribution in [0.15, 0.2) is 41.3 Å². The molecule has 2 heteroatoms. The van der Waals surface area contributed by atoms with Gasteiger partial charge in [0.15, 0.2) is 0 Å². The van der Waals surface area contributed by atoms with Crippen molar-refractivity contribution in [2.24, 2.45) is 0 Å². The lowest BCUT2D eigenvalue weighted by Gasteiger charge is -2.04. The van der Waals surface area contributed by atoms with Crippen molar-refractivity contribution in [3.8, 4) is 0 Å². The fourth-order valence-electron chi connectivity index (χ4n) is 1.06. The van der Waals surface area contributed by atoms with Crippen molar-refractivity contribution in [3.05, 3.63) is 42.0 Å². The van der Waals surface area contributed by atoms with Gasteiger partial charge in [-0.1, -0.05) is 24.3 Å². The highest BCUT2D eigenvalue weighted by Crippen LogP contribution is 2.15. The first-order valence-electron chi connectivity index (χ1n) is 4.57. The second-order valence-corrected chi connectivity index (χ2v) is 4.18. The second-order valence-electron chi connectivity index (χ2n) is 3.30. The molecule has 0 spiro atoms. The molecule has 0 N–H and O–H groups in total. The van der Waals surface area contributed by atoms with Gasteiger partial charge in [0.2, 0.25) is 0 Å². The van der Waals surface area contributed by atoms with E-state index in [1.54, 1.807) is 11.8 Å². The van der Waals surface area contributed by atoms with Gasteiger partial charge in [-0.15, -0.1) is 11.8 Å². The fraction of sp³-hybridized carbons (Fsp3) is 0.333. The summed E-state index contributed by atoms with van der Waals surface area (Å²) < 4.78 is 5.45. The van der Waals surface area contributed by atoms with Gasteiger partial charge in [0, 0.05) is 4.90 Å². The maximum absolute atomic E-state index is 5.45. The first-order valence-corrected chi connectivity index (χ1v) is 5.80. The van der Waals surface area contributed by atoms with Gasteiger partial charge in [-0.3, -0.25) is 0 Å². The molecule has 1 rings (SSSR count). The highest BCUT2D eigenvalue weighted by Gasteiger charge is 1.94. The van der Waals surface area contributed by atoms with Crippen LogP contribution in [0.4, 0.5) is 0 Å². The van der Waals surface area contributed by atoms with Crippen LogP contribution in [0.5, 0.6) is 0 Å². The molecule has 0 aliphatic heterocycles. The lowest BCUT2D eigenvalue weighted by Crippen LogP contribution is -1.95. The van der Waals surface area contributed by atoms with Crippen LogP contribution in [0, 0.1) is 0 Å². The minimum Gasteiger partial charge on any atom is -0.372 e. The van der Waals surface area contributed by atoms with E-state index in [0.717, 1.165) is 5.57 Å². The smallest absolute Gasteiger partial charge is 0.0721 e. The number of thioether (sulfide) groups is 1. The van der Waals surface area contributed by atoms with Gasteiger partial charge < -0.3 is 4.74 Å². The number of hydrogen-bond donors (Lipinski definition) is 0. The Morgan fingerprint density at radius 2 is 2.00 bits per heavy atom. The van der Waals surface area contributed by atoms with E-state index < -0.39 is 0 Å². The molecule has 0 aliphatic carbocycles. The predicted octanol–water partition coefficient (Wildman–Crippen LogP) is 3.50. The molecule has 0 radical (unpaired) electrons. The van der Waals surface area contributed by atoms with Crippen LogP contribution < -0.4 is 0 Å². The normalized spacial score (nSPS) is 10.1. The van der Waals surface area contributed by atoms with E-state index in [9.17, 15) is 0 Å². The van der Waals surface area contributed by atoms with Gasteiger partial charge in [0.05, 0.1) is 13.2 Å². The molecule has 0 aromatic heterocycles. The highest BCUT2D eigenvalue weighted by atomic mass is 32.2. The zero-order valence-electron chi connectivity index (χ0n) is 8.75. The molecule has 0 saturated heterocycles. The van der Waals surface area contributed by atoms with E-state index in [2.05, 4.69) is 37.1 Å². The van der Waals surface area contributed by atoms with E-state index in [1.807, 2.05) is 6.92 Å². The van der Waals surface area contributed by atoms with Crippen molar-refractivity contribution < 1.29 is 4.74 Å². The molecule has 0 aliphatic rings. The molecule has 0 saturated carbocycles. The molecule has 0 bridgehead atoms. The van der Waals surface area contributed by atoms with E-state index >= 15 is 0 Å².